The van der Waals surface area contributed by atoms with Gasteiger partial charge in [-0.1, -0.05) is 0 Å². The molecule has 0 radical (unpaired) electrons. The van der Waals surface area contributed by atoms with E-state index in [4.69, 9.17) is 9.47 Å². The van der Waals surface area contributed by atoms with Crippen molar-refractivity contribution in [1.29, 1.82) is 0 Å². The van der Waals surface area contributed by atoms with Gasteiger partial charge in [-0.2, -0.15) is 0 Å². The SMILES string of the molecule is Cc1cc(NCCC2(C)OCCO2)c2cc([N+](=O)[O-])ccc2n1. The van der Waals surface area contributed by atoms with Crippen LogP contribution >= 0.6 is 0 Å². The summed E-state index contributed by atoms with van der Waals surface area (Å²) in [7, 11) is 0. The molecule has 1 aromatic heterocycles. The average molecular weight is 317 g/mol. The number of nitro groups is 1. The molecule has 1 fully saturated rings. The number of non-ortho nitro benzene ring substituents is 1. The molecule has 1 saturated heterocycles. The van der Waals surface area contributed by atoms with Gasteiger partial charge in [0.1, 0.15) is 0 Å². The molecule has 23 heavy (non-hydrogen) atoms. The Morgan fingerprint density at radius 1 is 1.35 bits per heavy atom. The van der Waals surface area contributed by atoms with Crippen molar-refractivity contribution in [2.24, 2.45) is 0 Å². The Hall–Kier alpha value is -2.25. The quantitative estimate of drug-likeness (QED) is 0.674. The Kier molecular flexibility index (Phi) is 4.14. The highest BCUT2D eigenvalue weighted by molar-refractivity contribution is 5.93. The lowest BCUT2D eigenvalue weighted by molar-refractivity contribution is -0.384. The largest absolute Gasteiger partial charge is 0.384 e. The maximum absolute atomic E-state index is 11.0. The zero-order valence-corrected chi connectivity index (χ0v) is 13.2. The highest BCUT2D eigenvalue weighted by Gasteiger charge is 2.30. The van der Waals surface area contributed by atoms with Crippen LogP contribution in [0.5, 0.6) is 0 Å². The van der Waals surface area contributed by atoms with Gasteiger partial charge in [0.2, 0.25) is 0 Å². The van der Waals surface area contributed by atoms with Crippen molar-refractivity contribution >= 4 is 22.3 Å². The summed E-state index contributed by atoms with van der Waals surface area (Å²) < 4.78 is 11.2. The van der Waals surface area contributed by atoms with Crippen LogP contribution < -0.4 is 5.32 Å². The Balaban J connectivity index is 1.83. The summed E-state index contributed by atoms with van der Waals surface area (Å²) in [6.07, 6.45) is 0.685. The van der Waals surface area contributed by atoms with Crippen molar-refractivity contribution in [3.05, 3.63) is 40.1 Å². The number of benzene rings is 1. The molecule has 0 bridgehead atoms. The molecule has 122 valence electrons. The van der Waals surface area contributed by atoms with Gasteiger partial charge in [0.25, 0.3) is 5.69 Å². The second-order valence-corrected chi connectivity index (χ2v) is 5.78. The molecule has 0 aliphatic carbocycles. The first kappa shape index (κ1) is 15.6. The monoisotopic (exact) mass is 317 g/mol. The molecule has 3 rings (SSSR count). The number of rotatable bonds is 5. The molecule has 7 heteroatoms. The molecular formula is C16H19N3O4. The zero-order valence-electron chi connectivity index (χ0n) is 13.2. The fourth-order valence-electron chi connectivity index (χ4n) is 2.73. The molecule has 2 aromatic rings. The molecule has 1 aliphatic rings. The van der Waals surface area contributed by atoms with Gasteiger partial charge < -0.3 is 14.8 Å². The summed E-state index contributed by atoms with van der Waals surface area (Å²) >= 11 is 0. The number of nitrogens with one attached hydrogen (secondary N) is 1. The summed E-state index contributed by atoms with van der Waals surface area (Å²) in [5.41, 5.74) is 2.48. The van der Waals surface area contributed by atoms with Gasteiger partial charge in [-0.05, 0) is 26.0 Å². The Morgan fingerprint density at radius 2 is 2.09 bits per heavy atom. The lowest BCUT2D eigenvalue weighted by Gasteiger charge is -2.22. The third-order valence-electron chi connectivity index (χ3n) is 3.92. The molecule has 0 saturated carbocycles. The fraction of sp³-hybridized carbons (Fsp3) is 0.438. The topological polar surface area (TPSA) is 86.5 Å². The molecule has 1 N–H and O–H groups in total. The number of aryl methyl sites for hydroxylation is 1. The summed E-state index contributed by atoms with van der Waals surface area (Å²) in [5.74, 6) is -0.559. The van der Waals surface area contributed by atoms with Gasteiger partial charge in [0.05, 0.1) is 23.7 Å². The number of hydrogen-bond acceptors (Lipinski definition) is 6. The molecule has 0 atom stereocenters. The number of ether oxygens (including phenoxy) is 2. The molecule has 1 aromatic carbocycles. The van der Waals surface area contributed by atoms with Gasteiger partial charge in [0.15, 0.2) is 5.79 Å². The number of fused-ring (bicyclic) bond motifs is 1. The number of nitro benzene ring substituents is 1. The number of pyridine rings is 1. The molecule has 0 unspecified atom stereocenters. The van der Waals surface area contributed by atoms with Gasteiger partial charge >= 0.3 is 0 Å². The molecule has 7 nitrogen and oxygen atoms in total. The summed E-state index contributed by atoms with van der Waals surface area (Å²) in [4.78, 5) is 15.0. The first-order valence-corrected chi connectivity index (χ1v) is 7.54. The van der Waals surface area contributed by atoms with Gasteiger partial charge in [-0.15, -0.1) is 0 Å². The molecule has 2 heterocycles. The molecule has 0 spiro atoms. The van der Waals surface area contributed by atoms with E-state index in [1.165, 1.54) is 6.07 Å². The highest BCUT2D eigenvalue weighted by Crippen LogP contribution is 2.28. The van der Waals surface area contributed by atoms with Crippen molar-refractivity contribution in [2.75, 3.05) is 25.1 Å². The Labute approximate surface area is 133 Å². The van der Waals surface area contributed by atoms with Crippen LogP contribution in [0, 0.1) is 17.0 Å². The second kappa shape index (κ2) is 6.10. The van der Waals surface area contributed by atoms with Crippen LogP contribution in [0.1, 0.15) is 19.0 Å². The lowest BCUT2D eigenvalue weighted by atomic mass is 10.1. The fourth-order valence-corrected chi connectivity index (χ4v) is 2.73. The molecule has 1 aliphatic heterocycles. The maximum atomic E-state index is 11.0. The van der Waals surface area contributed by atoms with E-state index >= 15 is 0 Å². The van der Waals surface area contributed by atoms with Crippen LogP contribution in [-0.2, 0) is 9.47 Å². The minimum Gasteiger partial charge on any atom is -0.384 e. The van der Waals surface area contributed by atoms with E-state index in [1.54, 1.807) is 12.1 Å². The van der Waals surface area contributed by atoms with Crippen LogP contribution in [-0.4, -0.2) is 35.5 Å². The predicted octanol–water partition coefficient (Wildman–Crippen LogP) is 3.02. The smallest absolute Gasteiger partial charge is 0.270 e. The van der Waals surface area contributed by atoms with E-state index in [9.17, 15) is 10.1 Å². The normalized spacial score (nSPS) is 16.6. The van der Waals surface area contributed by atoms with Crippen LogP contribution in [0.4, 0.5) is 11.4 Å². The van der Waals surface area contributed by atoms with Crippen molar-refractivity contribution < 1.29 is 14.4 Å². The third kappa shape index (κ3) is 3.40. The van der Waals surface area contributed by atoms with Crippen molar-refractivity contribution in [3.63, 3.8) is 0 Å². The van der Waals surface area contributed by atoms with Crippen molar-refractivity contribution in [2.45, 2.75) is 26.1 Å². The Bertz CT molecular complexity index is 741. The average Bonchev–Trinajstić information content (AvgIpc) is 2.93. The van der Waals surface area contributed by atoms with E-state index in [0.29, 0.717) is 26.2 Å². The first-order valence-electron chi connectivity index (χ1n) is 7.54. The van der Waals surface area contributed by atoms with Crippen LogP contribution in [0.2, 0.25) is 0 Å². The molecular weight excluding hydrogens is 298 g/mol. The Morgan fingerprint density at radius 3 is 2.78 bits per heavy atom. The number of aromatic nitrogens is 1. The minimum absolute atomic E-state index is 0.0561. The summed E-state index contributed by atoms with van der Waals surface area (Å²) in [6.45, 7) is 5.68. The first-order chi connectivity index (χ1) is 11.0. The lowest BCUT2D eigenvalue weighted by Crippen LogP contribution is -2.28. The number of anilines is 1. The summed E-state index contributed by atoms with van der Waals surface area (Å²) in [6, 6.07) is 6.59. The number of hydrogen-bond donors (Lipinski definition) is 1. The number of nitrogens with zero attached hydrogens (tertiary/aromatic N) is 2. The van der Waals surface area contributed by atoms with Gasteiger partial charge in [-0.25, -0.2) is 0 Å². The predicted molar refractivity (Wildman–Crippen MR) is 86.6 cm³/mol. The highest BCUT2D eigenvalue weighted by atomic mass is 16.7. The maximum Gasteiger partial charge on any atom is 0.270 e. The zero-order chi connectivity index (χ0) is 16.4. The second-order valence-electron chi connectivity index (χ2n) is 5.78. The van der Waals surface area contributed by atoms with Crippen molar-refractivity contribution in [3.8, 4) is 0 Å². The minimum atomic E-state index is -0.559. The standard InChI is InChI=1S/C16H19N3O4/c1-11-9-15(17-6-5-16(2)22-7-8-23-16)13-10-12(19(20)21)3-4-14(13)18-11/h3-4,9-10H,5-8H2,1-2H3,(H,17,18). The molecule has 0 amide bonds. The van der Waals surface area contributed by atoms with Gasteiger partial charge in [0, 0.05) is 41.9 Å². The van der Waals surface area contributed by atoms with E-state index in [-0.39, 0.29) is 5.69 Å². The third-order valence-corrected chi connectivity index (χ3v) is 3.92. The van der Waals surface area contributed by atoms with Crippen molar-refractivity contribution in [1.82, 2.24) is 4.98 Å². The van der Waals surface area contributed by atoms with E-state index in [2.05, 4.69) is 10.3 Å². The van der Waals surface area contributed by atoms with E-state index in [0.717, 1.165) is 22.3 Å². The van der Waals surface area contributed by atoms with E-state index in [1.807, 2.05) is 19.9 Å². The van der Waals surface area contributed by atoms with Crippen LogP contribution in [0.25, 0.3) is 10.9 Å². The van der Waals surface area contributed by atoms with Crippen LogP contribution in [0.15, 0.2) is 24.3 Å². The van der Waals surface area contributed by atoms with Gasteiger partial charge in [-0.3, -0.25) is 15.1 Å². The summed E-state index contributed by atoms with van der Waals surface area (Å²) in [5, 5.41) is 15.0. The van der Waals surface area contributed by atoms with Crippen LogP contribution in [0.3, 0.4) is 0 Å². The van der Waals surface area contributed by atoms with E-state index < -0.39 is 10.7 Å².